The maximum absolute atomic E-state index is 13.7. The van der Waals surface area contributed by atoms with Crippen molar-refractivity contribution in [2.75, 3.05) is 20.3 Å². The number of ether oxygens (including phenoxy) is 3. The Balaban J connectivity index is 1.70. The first-order valence-electron chi connectivity index (χ1n) is 12.6. The largest absolute Gasteiger partial charge is 0.495 e. The van der Waals surface area contributed by atoms with Crippen molar-refractivity contribution < 1.29 is 28.5 Å². The summed E-state index contributed by atoms with van der Waals surface area (Å²) in [5.74, 6) is -0.159. The molecule has 0 amide bonds. The maximum Gasteiger partial charge on any atom is 0.331 e. The maximum atomic E-state index is 13.7. The van der Waals surface area contributed by atoms with Crippen molar-refractivity contribution in [1.82, 2.24) is 29.3 Å². The summed E-state index contributed by atoms with van der Waals surface area (Å²) in [5, 5.41) is 14.5. The van der Waals surface area contributed by atoms with Crippen LogP contribution in [0.5, 0.6) is 5.75 Å². The molecule has 1 fully saturated rings. The van der Waals surface area contributed by atoms with E-state index in [2.05, 4.69) is 20.1 Å². The van der Waals surface area contributed by atoms with Gasteiger partial charge in [0.05, 0.1) is 25.1 Å². The minimum absolute atomic E-state index is 0.0982. The predicted molar refractivity (Wildman–Crippen MR) is 137 cm³/mol. The number of aliphatic carboxylic acids is 1. The lowest BCUT2D eigenvalue weighted by Crippen LogP contribution is -2.45. The van der Waals surface area contributed by atoms with Crippen LogP contribution in [0.1, 0.15) is 44.2 Å². The number of carboxylic acids is 1. The zero-order valence-electron chi connectivity index (χ0n) is 22.2. The molecule has 0 bridgehead atoms. The molecule has 0 spiro atoms. The van der Waals surface area contributed by atoms with E-state index in [0.29, 0.717) is 54.5 Å². The molecule has 1 saturated heterocycles. The Morgan fingerprint density at radius 1 is 1.26 bits per heavy atom. The number of imidazole rings is 1. The molecule has 0 aromatic carbocycles. The molecule has 0 aliphatic carbocycles. The molecule has 1 N–H and O–H groups in total. The Hall–Kier alpha value is -4.10. The van der Waals surface area contributed by atoms with Crippen molar-refractivity contribution in [3.05, 3.63) is 52.5 Å². The fourth-order valence-electron chi connectivity index (χ4n) is 4.64. The van der Waals surface area contributed by atoms with Gasteiger partial charge in [-0.05, 0) is 38.8 Å². The van der Waals surface area contributed by atoms with Gasteiger partial charge in [-0.3, -0.25) is 9.78 Å². The standard InChI is InChI=1S/C26H30N6O7/c1-26(2,25(34)35)32-24(33)21-19(29-22(31(21)3)23-28-10-13-38-23)16(30-32)14-18(39-15-7-11-37-12-8-15)20-17(36-4)6-5-9-27-20/h5-6,9-10,13,15,18H,7-8,11-12,14H2,1-4H3,(H,34,35)/t18-/m0/s1. The van der Waals surface area contributed by atoms with Gasteiger partial charge in [0, 0.05) is 32.9 Å². The van der Waals surface area contributed by atoms with Gasteiger partial charge < -0.3 is 28.3 Å². The van der Waals surface area contributed by atoms with Gasteiger partial charge in [0.25, 0.3) is 11.4 Å². The van der Waals surface area contributed by atoms with Crippen LogP contribution in [0.4, 0.5) is 0 Å². The first-order chi connectivity index (χ1) is 18.7. The van der Waals surface area contributed by atoms with Crippen molar-refractivity contribution in [2.45, 2.75) is 50.9 Å². The third-order valence-corrected chi connectivity index (χ3v) is 6.89. The Morgan fingerprint density at radius 2 is 2.03 bits per heavy atom. The highest BCUT2D eigenvalue weighted by Crippen LogP contribution is 2.33. The molecular weight excluding hydrogens is 508 g/mol. The Kier molecular flexibility index (Phi) is 7.19. The number of oxazole rings is 1. The first-order valence-corrected chi connectivity index (χ1v) is 12.6. The summed E-state index contributed by atoms with van der Waals surface area (Å²) in [5.41, 5.74) is -0.875. The van der Waals surface area contributed by atoms with Crippen LogP contribution in [0.25, 0.3) is 22.7 Å². The van der Waals surface area contributed by atoms with E-state index in [1.54, 1.807) is 37.1 Å². The molecule has 0 radical (unpaired) electrons. The summed E-state index contributed by atoms with van der Waals surface area (Å²) in [7, 11) is 3.20. The monoisotopic (exact) mass is 538 g/mol. The fraction of sp³-hybridized carbons (Fsp3) is 0.462. The lowest BCUT2D eigenvalue weighted by atomic mass is 10.0. The van der Waals surface area contributed by atoms with Crippen molar-refractivity contribution in [3.63, 3.8) is 0 Å². The van der Waals surface area contributed by atoms with Gasteiger partial charge in [-0.15, -0.1) is 0 Å². The Bertz CT molecular complexity index is 1540. The summed E-state index contributed by atoms with van der Waals surface area (Å²) in [4.78, 5) is 39.2. The number of hydrogen-bond acceptors (Lipinski definition) is 10. The highest BCUT2D eigenvalue weighted by atomic mass is 16.5. The summed E-state index contributed by atoms with van der Waals surface area (Å²) in [6.07, 6.45) is 5.35. The zero-order valence-corrected chi connectivity index (χ0v) is 22.2. The smallest absolute Gasteiger partial charge is 0.331 e. The average Bonchev–Trinajstić information content (AvgIpc) is 3.58. The number of methoxy groups -OCH3 is 1. The molecule has 1 aliphatic rings. The van der Waals surface area contributed by atoms with E-state index in [1.807, 2.05) is 0 Å². The molecule has 5 rings (SSSR count). The van der Waals surface area contributed by atoms with Crippen LogP contribution < -0.4 is 10.3 Å². The molecule has 1 atom stereocenters. The van der Waals surface area contributed by atoms with E-state index in [0.717, 1.165) is 4.68 Å². The van der Waals surface area contributed by atoms with E-state index in [4.69, 9.17) is 18.6 Å². The number of carbonyl (C=O) groups is 1. The van der Waals surface area contributed by atoms with Crippen LogP contribution in [0.15, 0.2) is 40.0 Å². The molecule has 1 aliphatic heterocycles. The van der Waals surface area contributed by atoms with E-state index in [-0.39, 0.29) is 23.9 Å². The van der Waals surface area contributed by atoms with Gasteiger partial charge in [-0.1, -0.05) is 0 Å². The van der Waals surface area contributed by atoms with Crippen molar-refractivity contribution in [1.29, 1.82) is 0 Å². The van der Waals surface area contributed by atoms with Crippen LogP contribution in [0, 0.1) is 0 Å². The van der Waals surface area contributed by atoms with E-state index in [9.17, 15) is 14.7 Å². The fourth-order valence-corrected chi connectivity index (χ4v) is 4.64. The van der Waals surface area contributed by atoms with Crippen molar-refractivity contribution >= 4 is 17.0 Å². The summed E-state index contributed by atoms with van der Waals surface area (Å²) >= 11 is 0. The van der Waals surface area contributed by atoms with Crippen LogP contribution >= 0.6 is 0 Å². The lowest BCUT2D eigenvalue weighted by Gasteiger charge is -2.28. The second kappa shape index (κ2) is 10.6. The van der Waals surface area contributed by atoms with E-state index >= 15 is 0 Å². The zero-order chi connectivity index (χ0) is 27.7. The topological polar surface area (TPSA) is 157 Å². The van der Waals surface area contributed by atoms with Crippen LogP contribution in [0.3, 0.4) is 0 Å². The van der Waals surface area contributed by atoms with Crippen LogP contribution in [-0.4, -0.2) is 66.8 Å². The first kappa shape index (κ1) is 26.5. The van der Waals surface area contributed by atoms with Gasteiger partial charge in [0.2, 0.25) is 0 Å². The number of hydrogen-bond donors (Lipinski definition) is 1. The van der Waals surface area contributed by atoms with E-state index < -0.39 is 23.2 Å². The Labute approximate surface area is 223 Å². The number of aryl methyl sites for hydroxylation is 1. The molecule has 4 aromatic rings. The number of nitrogens with zero attached hydrogens (tertiary/aromatic N) is 6. The lowest BCUT2D eigenvalue weighted by molar-refractivity contribution is -0.146. The summed E-state index contributed by atoms with van der Waals surface area (Å²) < 4.78 is 25.6. The summed E-state index contributed by atoms with van der Waals surface area (Å²) in [6, 6.07) is 3.56. The third-order valence-electron chi connectivity index (χ3n) is 6.89. The molecular formula is C26H30N6O7. The summed E-state index contributed by atoms with van der Waals surface area (Å²) in [6.45, 7) is 4.00. The van der Waals surface area contributed by atoms with Gasteiger partial charge in [-0.2, -0.15) is 5.10 Å². The van der Waals surface area contributed by atoms with Gasteiger partial charge in [-0.25, -0.2) is 19.4 Å². The molecule has 0 unspecified atom stereocenters. The quantitative estimate of drug-likeness (QED) is 0.334. The molecule has 0 saturated carbocycles. The Morgan fingerprint density at radius 3 is 2.69 bits per heavy atom. The normalized spacial score (nSPS) is 15.5. The minimum Gasteiger partial charge on any atom is -0.495 e. The van der Waals surface area contributed by atoms with Crippen molar-refractivity contribution in [2.24, 2.45) is 7.05 Å². The van der Waals surface area contributed by atoms with E-state index in [1.165, 1.54) is 26.3 Å². The molecule has 13 heteroatoms. The number of fused-ring (bicyclic) bond motifs is 1. The molecule has 39 heavy (non-hydrogen) atoms. The number of rotatable bonds is 9. The van der Waals surface area contributed by atoms with Gasteiger partial charge in [0.15, 0.2) is 11.4 Å². The van der Waals surface area contributed by atoms with Crippen molar-refractivity contribution in [3.8, 4) is 17.5 Å². The number of pyridine rings is 1. The highest BCUT2D eigenvalue weighted by Gasteiger charge is 2.35. The van der Waals surface area contributed by atoms with Crippen LogP contribution in [0.2, 0.25) is 0 Å². The highest BCUT2D eigenvalue weighted by molar-refractivity contribution is 5.81. The SMILES string of the molecule is COc1cccnc1[C@H](Cc1nn(C(C)(C)C(=O)O)c(=O)c2c1nc(-c1ncco1)n2C)OC1CCOCC1. The third kappa shape index (κ3) is 4.90. The predicted octanol–water partition coefficient (Wildman–Crippen LogP) is 2.49. The second-order valence-corrected chi connectivity index (χ2v) is 9.79. The van der Waals surface area contributed by atoms with Crippen LogP contribution in [-0.2, 0) is 33.3 Å². The molecule has 206 valence electrons. The second-order valence-electron chi connectivity index (χ2n) is 9.79. The number of carboxylic acid groups (broad SMARTS) is 1. The molecule has 13 nitrogen and oxygen atoms in total. The van der Waals surface area contributed by atoms with Gasteiger partial charge in [0.1, 0.15) is 34.8 Å². The number of aromatic nitrogens is 6. The molecule has 5 heterocycles. The molecule has 4 aromatic heterocycles. The minimum atomic E-state index is -1.65. The average molecular weight is 539 g/mol. The van der Waals surface area contributed by atoms with Gasteiger partial charge >= 0.3 is 5.97 Å².